The average molecular weight is 328 g/mol. The molecule has 0 spiro atoms. The van der Waals surface area contributed by atoms with Crippen LogP contribution in [0.5, 0.6) is 0 Å². The second kappa shape index (κ2) is 8.47. The Morgan fingerprint density at radius 1 is 1.00 bits per heavy atom. The van der Waals surface area contributed by atoms with Crippen LogP contribution in [0, 0.1) is 0 Å². The first-order valence-corrected chi connectivity index (χ1v) is 7.89. The van der Waals surface area contributed by atoms with Gasteiger partial charge >= 0.3 is 6.03 Å². The highest BCUT2D eigenvalue weighted by Gasteiger charge is 2.18. The molecule has 0 saturated heterocycles. The minimum Gasteiger partial charge on any atom is -0.394 e. The van der Waals surface area contributed by atoms with E-state index >= 15 is 0 Å². The maximum Gasteiger partial charge on any atom is 0.319 e. The van der Waals surface area contributed by atoms with E-state index in [1.165, 1.54) is 0 Å². The van der Waals surface area contributed by atoms with Crippen LogP contribution in [0.1, 0.15) is 25.0 Å². The van der Waals surface area contributed by atoms with Crippen molar-refractivity contribution in [2.24, 2.45) is 0 Å². The largest absolute Gasteiger partial charge is 0.394 e. The number of anilines is 1. The zero-order valence-corrected chi connectivity index (χ0v) is 14.1. The predicted octanol–water partition coefficient (Wildman–Crippen LogP) is 3.30. The van der Waals surface area contributed by atoms with Gasteiger partial charge in [-0.15, -0.1) is 0 Å². The van der Waals surface area contributed by atoms with Crippen LogP contribution < -0.4 is 10.6 Å². The summed E-state index contributed by atoms with van der Waals surface area (Å²) in [6.07, 6.45) is 0. The molecule has 0 radical (unpaired) electrons. The topological polar surface area (TPSA) is 70.6 Å². The summed E-state index contributed by atoms with van der Waals surface area (Å²) in [5.74, 6) is 0. The van der Waals surface area contributed by atoms with Crippen LogP contribution in [0.2, 0.25) is 0 Å². The highest BCUT2D eigenvalue weighted by molar-refractivity contribution is 5.89. The van der Waals surface area contributed by atoms with Crippen molar-refractivity contribution < 1.29 is 14.6 Å². The molecule has 2 rings (SSSR count). The van der Waals surface area contributed by atoms with E-state index in [4.69, 9.17) is 9.84 Å². The predicted molar refractivity (Wildman–Crippen MR) is 94.7 cm³/mol. The van der Waals surface area contributed by atoms with Crippen molar-refractivity contribution in [3.8, 4) is 0 Å². The van der Waals surface area contributed by atoms with Gasteiger partial charge in [0.25, 0.3) is 0 Å². The molecule has 0 heterocycles. The summed E-state index contributed by atoms with van der Waals surface area (Å²) in [4.78, 5) is 11.8. The number of benzene rings is 2. The molecule has 0 saturated carbocycles. The molecule has 0 bridgehead atoms. The third kappa shape index (κ3) is 6.02. The van der Waals surface area contributed by atoms with Crippen LogP contribution in [0.4, 0.5) is 10.5 Å². The van der Waals surface area contributed by atoms with Gasteiger partial charge in [-0.2, -0.15) is 0 Å². The lowest BCUT2D eigenvalue weighted by Crippen LogP contribution is -2.48. The molecule has 0 atom stereocenters. The summed E-state index contributed by atoms with van der Waals surface area (Å²) in [5, 5.41) is 14.6. The number of urea groups is 1. The van der Waals surface area contributed by atoms with E-state index in [1.807, 2.05) is 54.6 Å². The van der Waals surface area contributed by atoms with Crippen LogP contribution in [0.15, 0.2) is 54.6 Å². The maximum atomic E-state index is 11.8. The molecular weight excluding hydrogens is 304 g/mol. The normalized spacial score (nSPS) is 11.1. The van der Waals surface area contributed by atoms with E-state index in [2.05, 4.69) is 10.6 Å². The Hall–Kier alpha value is -2.37. The van der Waals surface area contributed by atoms with E-state index in [0.29, 0.717) is 18.9 Å². The number of rotatable bonds is 7. The van der Waals surface area contributed by atoms with E-state index in [-0.39, 0.29) is 12.6 Å². The van der Waals surface area contributed by atoms with Crippen molar-refractivity contribution in [3.63, 3.8) is 0 Å². The lowest BCUT2D eigenvalue weighted by atomic mass is 10.1. The summed E-state index contributed by atoms with van der Waals surface area (Å²) in [6, 6.07) is 17.1. The Balaban J connectivity index is 1.79. The third-order valence-electron chi connectivity index (χ3n) is 3.44. The molecule has 2 amide bonds. The molecular formula is C19H24N2O3. The van der Waals surface area contributed by atoms with Crippen molar-refractivity contribution in [2.75, 3.05) is 11.9 Å². The Labute approximate surface area is 142 Å². The number of aliphatic hydroxyl groups is 1. The zero-order chi connectivity index (χ0) is 17.4. The summed E-state index contributed by atoms with van der Waals surface area (Å²) in [7, 11) is 0. The minimum atomic E-state index is -0.657. The van der Waals surface area contributed by atoms with Gasteiger partial charge in [0.1, 0.15) is 0 Å². The molecule has 2 aromatic carbocycles. The number of nitrogens with one attached hydrogen (secondary N) is 2. The quantitative estimate of drug-likeness (QED) is 0.730. The minimum absolute atomic E-state index is 0.127. The van der Waals surface area contributed by atoms with Gasteiger partial charge in [0.2, 0.25) is 0 Å². The molecule has 5 nitrogen and oxygen atoms in total. The van der Waals surface area contributed by atoms with Crippen molar-refractivity contribution >= 4 is 11.7 Å². The van der Waals surface area contributed by atoms with E-state index < -0.39 is 5.54 Å². The first kappa shape index (κ1) is 18.0. The van der Waals surface area contributed by atoms with Crippen LogP contribution in [-0.2, 0) is 18.0 Å². The molecule has 0 aliphatic heterocycles. The van der Waals surface area contributed by atoms with E-state index in [9.17, 15) is 4.79 Å². The lowest BCUT2D eigenvalue weighted by molar-refractivity contribution is 0.107. The molecule has 5 heteroatoms. The Kier molecular flexibility index (Phi) is 6.35. The van der Waals surface area contributed by atoms with Gasteiger partial charge in [-0.25, -0.2) is 4.79 Å². The van der Waals surface area contributed by atoms with Crippen molar-refractivity contribution in [3.05, 3.63) is 65.7 Å². The monoisotopic (exact) mass is 328 g/mol. The van der Waals surface area contributed by atoms with Crippen LogP contribution in [0.3, 0.4) is 0 Å². The van der Waals surface area contributed by atoms with Gasteiger partial charge in [-0.1, -0.05) is 42.5 Å². The highest BCUT2D eigenvalue weighted by atomic mass is 16.5. The van der Waals surface area contributed by atoms with Crippen LogP contribution >= 0.6 is 0 Å². The summed E-state index contributed by atoms with van der Waals surface area (Å²) in [6.45, 7) is 4.45. The molecule has 2 aromatic rings. The SMILES string of the molecule is CC(C)(CO)NC(=O)Nc1ccc(COCc2ccccc2)cc1. The lowest BCUT2D eigenvalue weighted by Gasteiger charge is -2.23. The summed E-state index contributed by atoms with van der Waals surface area (Å²) >= 11 is 0. The Morgan fingerprint density at radius 3 is 2.17 bits per heavy atom. The highest BCUT2D eigenvalue weighted by Crippen LogP contribution is 2.12. The van der Waals surface area contributed by atoms with Gasteiger partial charge in [-0.3, -0.25) is 0 Å². The van der Waals surface area contributed by atoms with E-state index in [0.717, 1.165) is 11.1 Å². The Bertz CT molecular complexity index is 639. The molecule has 0 fully saturated rings. The average Bonchev–Trinajstić information content (AvgIpc) is 2.57. The van der Waals surface area contributed by atoms with Gasteiger partial charge in [-0.05, 0) is 37.1 Å². The van der Waals surface area contributed by atoms with Crippen molar-refractivity contribution in [2.45, 2.75) is 32.6 Å². The van der Waals surface area contributed by atoms with Crippen molar-refractivity contribution in [1.82, 2.24) is 5.32 Å². The first-order chi connectivity index (χ1) is 11.5. The second-order valence-electron chi connectivity index (χ2n) is 6.30. The number of aliphatic hydroxyl groups excluding tert-OH is 1. The van der Waals surface area contributed by atoms with Gasteiger partial charge in [0.05, 0.1) is 25.4 Å². The van der Waals surface area contributed by atoms with Crippen LogP contribution in [0.25, 0.3) is 0 Å². The van der Waals surface area contributed by atoms with Crippen LogP contribution in [-0.4, -0.2) is 23.3 Å². The standard InChI is InChI=1S/C19H24N2O3/c1-19(2,14-22)21-18(23)20-17-10-8-16(9-11-17)13-24-12-15-6-4-3-5-7-15/h3-11,22H,12-14H2,1-2H3,(H2,20,21,23). The second-order valence-corrected chi connectivity index (χ2v) is 6.30. The number of hydrogen-bond acceptors (Lipinski definition) is 3. The molecule has 0 aliphatic rings. The molecule has 0 aromatic heterocycles. The van der Waals surface area contributed by atoms with Gasteiger partial charge in [0, 0.05) is 5.69 Å². The molecule has 128 valence electrons. The fourth-order valence-electron chi connectivity index (χ4n) is 2.05. The number of ether oxygens (including phenoxy) is 1. The number of hydrogen-bond donors (Lipinski definition) is 3. The number of amides is 2. The van der Waals surface area contributed by atoms with E-state index in [1.54, 1.807) is 13.8 Å². The first-order valence-electron chi connectivity index (χ1n) is 7.89. The molecule has 0 aliphatic carbocycles. The third-order valence-corrected chi connectivity index (χ3v) is 3.44. The van der Waals surface area contributed by atoms with Crippen molar-refractivity contribution in [1.29, 1.82) is 0 Å². The Morgan fingerprint density at radius 2 is 1.58 bits per heavy atom. The maximum absolute atomic E-state index is 11.8. The fourth-order valence-corrected chi connectivity index (χ4v) is 2.05. The van der Waals surface area contributed by atoms with Gasteiger partial charge < -0.3 is 20.5 Å². The molecule has 3 N–H and O–H groups in total. The smallest absolute Gasteiger partial charge is 0.319 e. The molecule has 24 heavy (non-hydrogen) atoms. The summed E-state index contributed by atoms with van der Waals surface area (Å²) < 4.78 is 5.68. The number of carbonyl (C=O) groups excluding carboxylic acids is 1. The fraction of sp³-hybridized carbons (Fsp3) is 0.316. The van der Waals surface area contributed by atoms with Gasteiger partial charge in [0.15, 0.2) is 0 Å². The molecule has 0 unspecified atom stereocenters. The summed E-state index contributed by atoms with van der Waals surface area (Å²) in [5.41, 5.74) is 2.20. The number of carbonyl (C=O) groups is 1. The zero-order valence-electron chi connectivity index (χ0n) is 14.1.